The summed E-state index contributed by atoms with van der Waals surface area (Å²) in [5.74, 6) is -0.797. The van der Waals surface area contributed by atoms with Crippen molar-refractivity contribution in [1.82, 2.24) is 14.7 Å². The highest BCUT2D eigenvalue weighted by Crippen LogP contribution is 2.53. The van der Waals surface area contributed by atoms with E-state index in [1.54, 1.807) is 24.0 Å². The first-order chi connectivity index (χ1) is 15.3. The van der Waals surface area contributed by atoms with Crippen LogP contribution in [-0.2, 0) is 9.59 Å². The summed E-state index contributed by atoms with van der Waals surface area (Å²) in [5.41, 5.74) is 0.833. The molecule has 1 N–H and O–H groups in total. The first-order valence-corrected chi connectivity index (χ1v) is 11.8. The maximum Gasteiger partial charge on any atom is 0.247 e. The third-order valence-corrected chi connectivity index (χ3v) is 7.54. The predicted molar refractivity (Wildman–Crippen MR) is 122 cm³/mol. The van der Waals surface area contributed by atoms with Crippen LogP contribution in [0.5, 0.6) is 0 Å². The maximum atomic E-state index is 13.3. The van der Waals surface area contributed by atoms with Crippen molar-refractivity contribution in [3.8, 4) is 0 Å². The number of hydrogen-bond donors (Lipinski definition) is 1. The van der Waals surface area contributed by atoms with Gasteiger partial charge < -0.3 is 19.8 Å². The van der Waals surface area contributed by atoms with E-state index in [1.165, 1.54) is 18.2 Å². The van der Waals surface area contributed by atoms with Crippen LogP contribution >= 0.6 is 11.6 Å². The molecule has 4 rings (SSSR count). The van der Waals surface area contributed by atoms with Crippen LogP contribution in [0.15, 0.2) is 24.3 Å². The van der Waals surface area contributed by atoms with Crippen LogP contribution in [0.2, 0.25) is 5.02 Å². The number of aliphatic hydroxyl groups excluding tert-OH is 1. The van der Waals surface area contributed by atoms with Gasteiger partial charge in [-0.15, -0.1) is 0 Å². The van der Waals surface area contributed by atoms with Gasteiger partial charge in [0.25, 0.3) is 0 Å². The van der Waals surface area contributed by atoms with Gasteiger partial charge in [0, 0.05) is 32.3 Å². The Labute approximate surface area is 193 Å². The van der Waals surface area contributed by atoms with Crippen molar-refractivity contribution in [3.63, 3.8) is 0 Å². The van der Waals surface area contributed by atoms with E-state index in [9.17, 15) is 19.1 Å². The lowest BCUT2D eigenvalue weighted by atomic mass is 9.90. The Balaban J connectivity index is 1.24. The number of β-amino-alcohol motifs (C(OH)–C–C–N with tert-alkyl or cyclic N) is 1. The standard InChI is InChI=1S/C24H31ClFN3O3/c1-17-23(32)28(11-2-10-27-12-9-24(7-8-24)21(30)16-27)13-14-29(17)22(31)6-4-18-3-5-20(26)19(25)15-18/h3-6,15,17,21,30H,2,7-14,16H2,1H3/t17-,21-/m1/s1. The van der Waals surface area contributed by atoms with Gasteiger partial charge in [0.05, 0.1) is 11.1 Å². The number of amides is 2. The fourth-order valence-corrected chi connectivity index (χ4v) is 5.03. The second-order valence-electron chi connectivity index (χ2n) is 9.32. The lowest BCUT2D eigenvalue weighted by Crippen LogP contribution is -2.57. The zero-order valence-electron chi connectivity index (χ0n) is 18.5. The number of rotatable bonds is 6. The molecule has 2 saturated heterocycles. The van der Waals surface area contributed by atoms with Gasteiger partial charge in [-0.25, -0.2) is 4.39 Å². The predicted octanol–water partition coefficient (Wildman–Crippen LogP) is 2.79. The Morgan fingerprint density at radius 2 is 2.03 bits per heavy atom. The topological polar surface area (TPSA) is 64.1 Å². The van der Waals surface area contributed by atoms with Gasteiger partial charge >= 0.3 is 0 Å². The molecule has 1 aliphatic carbocycles. The number of halogens is 2. The molecule has 0 unspecified atom stereocenters. The average Bonchev–Trinajstić information content (AvgIpc) is 3.55. The summed E-state index contributed by atoms with van der Waals surface area (Å²) in [5, 5.41) is 10.3. The molecular weight excluding hydrogens is 433 g/mol. The Morgan fingerprint density at radius 3 is 2.72 bits per heavy atom. The molecule has 1 spiro atoms. The molecule has 3 fully saturated rings. The number of piperazine rings is 1. The molecule has 2 atom stereocenters. The highest BCUT2D eigenvalue weighted by Gasteiger charge is 2.51. The quantitative estimate of drug-likeness (QED) is 0.659. The van der Waals surface area contributed by atoms with E-state index < -0.39 is 11.9 Å². The maximum absolute atomic E-state index is 13.3. The van der Waals surface area contributed by atoms with E-state index in [2.05, 4.69) is 4.90 Å². The highest BCUT2D eigenvalue weighted by atomic mass is 35.5. The molecule has 2 heterocycles. The smallest absolute Gasteiger partial charge is 0.247 e. The minimum Gasteiger partial charge on any atom is -0.391 e. The number of nitrogens with zero attached hydrogens (tertiary/aromatic N) is 3. The Kier molecular flexibility index (Phi) is 6.89. The Morgan fingerprint density at radius 1 is 1.25 bits per heavy atom. The molecule has 32 heavy (non-hydrogen) atoms. The van der Waals surface area contributed by atoms with Crippen LogP contribution < -0.4 is 0 Å². The van der Waals surface area contributed by atoms with E-state index >= 15 is 0 Å². The second-order valence-corrected chi connectivity index (χ2v) is 9.73. The lowest BCUT2D eigenvalue weighted by Gasteiger charge is -2.39. The fourth-order valence-electron chi connectivity index (χ4n) is 4.84. The summed E-state index contributed by atoms with van der Waals surface area (Å²) >= 11 is 5.78. The second kappa shape index (κ2) is 9.49. The van der Waals surface area contributed by atoms with Gasteiger partial charge in [-0.3, -0.25) is 9.59 Å². The zero-order chi connectivity index (χ0) is 22.9. The van der Waals surface area contributed by atoms with Crippen LogP contribution in [0.25, 0.3) is 6.08 Å². The molecule has 2 aliphatic heterocycles. The molecule has 1 saturated carbocycles. The third kappa shape index (κ3) is 5.00. The van der Waals surface area contributed by atoms with Gasteiger partial charge in [-0.2, -0.15) is 0 Å². The van der Waals surface area contributed by atoms with Gasteiger partial charge in [0.2, 0.25) is 11.8 Å². The molecule has 0 radical (unpaired) electrons. The van der Waals surface area contributed by atoms with Crippen LogP contribution in [0.1, 0.15) is 38.2 Å². The van der Waals surface area contributed by atoms with Crippen molar-refractivity contribution in [3.05, 3.63) is 40.7 Å². The molecular formula is C24H31ClFN3O3. The molecule has 6 nitrogen and oxygen atoms in total. The summed E-state index contributed by atoms with van der Waals surface area (Å²) in [7, 11) is 0. The van der Waals surface area contributed by atoms with Crippen molar-refractivity contribution in [2.45, 2.75) is 44.8 Å². The Bertz CT molecular complexity index is 904. The summed E-state index contributed by atoms with van der Waals surface area (Å²) in [6, 6.07) is 3.73. The monoisotopic (exact) mass is 463 g/mol. The van der Waals surface area contributed by atoms with Crippen molar-refractivity contribution in [1.29, 1.82) is 0 Å². The molecule has 8 heteroatoms. The van der Waals surface area contributed by atoms with Gasteiger partial charge in [0.15, 0.2) is 0 Å². The summed E-state index contributed by atoms with van der Waals surface area (Å²) in [4.78, 5) is 31.1. The van der Waals surface area contributed by atoms with Crippen molar-refractivity contribution in [2.24, 2.45) is 5.41 Å². The molecule has 0 bridgehead atoms. The number of likely N-dealkylation sites (tertiary alicyclic amines) is 1. The van der Waals surface area contributed by atoms with E-state index in [0.29, 0.717) is 25.2 Å². The lowest BCUT2D eigenvalue weighted by molar-refractivity contribution is -0.148. The summed E-state index contributed by atoms with van der Waals surface area (Å²) < 4.78 is 13.3. The number of carbonyl (C=O) groups excluding carboxylic acids is 2. The molecule has 3 aliphatic rings. The van der Waals surface area contributed by atoms with Crippen molar-refractivity contribution >= 4 is 29.5 Å². The number of benzene rings is 1. The fraction of sp³-hybridized carbons (Fsp3) is 0.583. The Hall–Kier alpha value is -1.96. The van der Waals surface area contributed by atoms with Crippen LogP contribution in [0.3, 0.4) is 0 Å². The average molecular weight is 464 g/mol. The van der Waals surface area contributed by atoms with E-state index in [-0.39, 0.29) is 28.4 Å². The van der Waals surface area contributed by atoms with Gasteiger partial charge in [0.1, 0.15) is 11.9 Å². The SMILES string of the molecule is C[C@@H]1C(=O)N(CCCN2CCC3(CC3)[C@H](O)C2)CCN1C(=O)C=Cc1ccc(F)c(Cl)c1. The number of piperidine rings is 1. The highest BCUT2D eigenvalue weighted by molar-refractivity contribution is 6.30. The number of aliphatic hydroxyl groups is 1. The summed E-state index contributed by atoms with van der Waals surface area (Å²) in [6.07, 6.45) is 7.01. The zero-order valence-corrected chi connectivity index (χ0v) is 19.2. The molecule has 1 aromatic carbocycles. The number of carbonyl (C=O) groups is 2. The summed E-state index contributed by atoms with van der Waals surface area (Å²) in [6.45, 7) is 6.03. The van der Waals surface area contributed by atoms with Crippen molar-refractivity contribution < 1.29 is 19.1 Å². The minimum atomic E-state index is -0.524. The minimum absolute atomic E-state index is 0.00265. The van der Waals surface area contributed by atoms with Crippen LogP contribution in [0, 0.1) is 11.2 Å². The van der Waals surface area contributed by atoms with Gasteiger partial charge in [-0.1, -0.05) is 17.7 Å². The number of hydrogen-bond acceptors (Lipinski definition) is 4. The molecule has 2 amide bonds. The largest absolute Gasteiger partial charge is 0.391 e. The molecule has 0 aromatic heterocycles. The normalized spacial score (nSPS) is 25.7. The molecule has 1 aromatic rings. The van der Waals surface area contributed by atoms with Crippen LogP contribution in [-0.4, -0.2) is 83.0 Å². The first-order valence-electron chi connectivity index (χ1n) is 11.4. The van der Waals surface area contributed by atoms with Crippen molar-refractivity contribution in [2.75, 3.05) is 39.3 Å². The third-order valence-electron chi connectivity index (χ3n) is 7.25. The van der Waals surface area contributed by atoms with E-state index in [0.717, 1.165) is 45.3 Å². The first kappa shape index (κ1) is 23.2. The van der Waals surface area contributed by atoms with E-state index in [4.69, 9.17) is 11.6 Å². The van der Waals surface area contributed by atoms with Gasteiger partial charge in [-0.05, 0) is 74.9 Å². The van der Waals surface area contributed by atoms with E-state index in [1.807, 2.05) is 4.90 Å². The molecule has 174 valence electrons. The van der Waals surface area contributed by atoms with Crippen LogP contribution in [0.4, 0.5) is 4.39 Å².